The molecule has 5 rings (SSSR count). The van der Waals surface area contributed by atoms with E-state index in [4.69, 9.17) is 0 Å². The summed E-state index contributed by atoms with van der Waals surface area (Å²) >= 11 is 0. The number of carbonyl (C=O) groups excluding carboxylic acids is 1. The number of Topliss-reactive ketones (excluding diaryl/α,β-unsaturated/α-hetero) is 1. The van der Waals surface area contributed by atoms with Gasteiger partial charge in [0, 0.05) is 6.42 Å². The highest BCUT2D eigenvalue weighted by atomic mass is 16.1. The number of rotatable bonds is 2. The van der Waals surface area contributed by atoms with Gasteiger partial charge in [0.1, 0.15) is 0 Å². The fourth-order valence-corrected chi connectivity index (χ4v) is 4.13. The lowest BCUT2D eigenvalue weighted by molar-refractivity contribution is 0.0963. The van der Waals surface area contributed by atoms with E-state index in [1.54, 1.807) is 0 Å². The summed E-state index contributed by atoms with van der Waals surface area (Å²) in [6.45, 7) is 3.99. The minimum absolute atomic E-state index is 0.169. The lowest BCUT2D eigenvalue weighted by atomic mass is 9.81. The average molecular weight is 356 g/mol. The predicted molar refractivity (Wildman–Crippen MR) is 105 cm³/mol. The van der Waals surface area contributed by atoms with E-state index in [0.717, 1.165) is 34.4 Å². The number of carbonyl (C=O) groups is 1. The summed E-state index contributed by atoms with van der Waals surface area (Å²) in [6.07, 6.45) is 1.31. The zero-order valence-electron chi connectivity index (χ0n) is 15.4. The number of nitrogens with one attached hydrogen (secondary N) is 1. The number of aromatic nitrogens is 4. The third-order valence-electron chi connectivity index (χ3n) is 5.40. The molecule has 2 aromatic heterocycles. The number of aryl methyl sites for hydroxylation is 2. The summed E-state index contributed by atoms with van der Waals surface area (Å²) in [4.78, 5) is 20.9. The molecule has 2 heterocycles. The highest BCUT2D eigenvalue weighted by Crippen LogP contribution is 2.35. The molecule has 0 saturated heterocycles. The van der Waals surface area contributed by atoms with E-state index < -0.39 is 0 Å². The summed E-state index contributed by atoms with van der Waals surface area (Å²) in [7, 11) is 0. The molecule has 1 N–H and O–H groups in total. The number of ketones is 1. The molecule has 0 aliphatic heterocycles. The SMILES string of the molecule is Cc1cccc(C2CC(=O)c3c(C)nn(-c4nc5ccccc5[nH]4)c3C2)c1. The van der Waals surface area contributed by atoms with Crippen LogP contribution in [-0.4, -0.2) is 25.5 Å². The topological polar surface area (TPSA) is 63.6 Å². The van der Waals surface area contributed by atoms with Gasteiger partial charge in [-0.1, -0.05) is 42.0 Å². The van der Waals surface area contributed by atoms with Crippen LogP contribution in [0.4, 0.5) is 0 Å². The van der Waals surface area contributed by atoms with Crippen LogP contribution in [0.1, 0.15) is 45.2 Å². The molecule has 0 amide bonds. The molecule has 1 unspecified atom stereocenters. The minimum atomic E-state index is 0.169. The van der Waals surface area contributed by atoms with Gasteiger partial charge in [-0.3, -0.25) is 4.79 Å². The minimum Gasteiger partial charge on any atom is -0.322 e. The van der Waals surface area contributed by atoms with E-state index >= 15 is 0 Å². The second-order valence-electron chi connectivity index (χ2n) is 7.34. The van der Waals surface area contributed by atoms with Gasteiger partial charge in [-0.2, -0.15) is 5.10 Å². The van der Waals surface area contributed by atoms with E-state index in [2.05, 4.69) is 46.3 Å². The van der Waals surface area contributed by atoms with Crippen LogP contribution in [0.3, 0.4) is 0 Å². The van der Waals surface area contributed by atoms with Crippen LogP contribution in [0.25, 0.3) is 17.0 Å². The first-order valence-corrected chi connectivity index (χ1v) is 9.23. The summed E-state index contributed by atoms with van der Waals surface area (Å²) in [5.41, 5.74) is 6.78. The van der Waals surface area contributed by atoms with Crippen molar-refractivity contribution in [2.24, 2.45) is 0 Å². The Kier molecular flexibility index (Phi) is 3.50. The molecule has 1 aliphatic carbocycles. The maximum atomic E-state index is 12.9. The van der Waals surface area contributed by atoms with Crippen molar-refractivity contribution in [1.29, 1.82) is 0 Å². The largest absolute Gasteiger partial charge is 0.322 e. The van der Waals surface area contributed by atoms with Gasteiger partial charge in [0.15, 0.2) is 5.78 Å². The monoisotopic (exact) mass is 356 g/mol. The van der Waals surface area contributed by atoms with Crippen LogP contribution in [0.2, 0.25) is 0 Å². The second-order valence-corrected chi connectivity index (χ2v) is 7.34. The van der Waals surface area contributed by atoms with Gasteiger partial charge in [-0.15, -0.1) is 0 Å². The number of benzene rings is 2. The first kappa shape index (κ1) is 16.0. The summed E-state index contributed by atoms with van der Waals surface area (Å²) in [5.74, 6) is 1.00. The Morgan fingerprint density at radius 3 is 2.74 bits per heavy atom. The van der Waals surface area contributed by atoms with Crippen molar-refractivity contribution in [3.63, 3.8) is 0 Å². The number of imidazole rings is 1. The smallest absolute Gasteiger partial charge is 0.229 e. The summed E-state index contributed by atoms with van der Waals surface area (Å²) in [5, 5.41) is 4.66. The molecule has 1 atom stereocenters. The van der Waals surface area contributed by atoms with Crippen LogP contribution in [0.15, 0.2) is 48.5 Å². The highest BCUT2D eigenvalue weighted by Gasteiger charge is 2.32. The number of nitrogens with zero attached hydrogens (tertiary/aromatic N) is 3. The lowest BCUT2D eigenvalue weighted by Crippen LogP contribution is -2.21. The Bertz CT molecular complexity index is 1150. The van der Waals surface area contributed by atoms with Gasteiger partial charge in [-0.05, 0) is 43.9 Å². The van der Waals surface area contributed by atoms with Gasteiger partial charge in [0.25, 0.3) is 0 Å². The van der Waals surface area contributed by atoms with Gasteiger partial charge >= 0.3 is 0 Å². The van der Waals surface area contributed by atoms with Crippen LogP contribution in [0.5, 0.6) is 0 Å². The van der Waals surface area contributed by atoms with Crippen molar-refractivity contribution in [1.82, 2.24) is 19.7 Å². The molecular weight excluding hydrogens is 336 g/mol. The zero-order valence-corrected chi connectivity index (χ0v) is 15.4. The van der Waals surface area contributed by atoms with E-state index in [0.29, 0.717) is 12.4 Å². The first-order chi connectivity index (χ1) is 13.1. The normalized spacial score (nSPS) is 16.7. The Morgan fingerprint density at radius 1 is 1.07 bits per heavy atom. The van der Waals surface area contributed by atoms with Crippen molar-refractivity contribution in [3.8, 4) is 5.95 Å². The molecule has 27 heavy (non-hydrogen) atoms. The zero-order chi connectivity index (χ0) is 18.5. The fraction of sp³-hybridized carbons (Fsp3) is 0.227. The summed E-state index contributed by atoms with van der Waals surface area (Å²) in [6, 6.07) is 16.4. The fourth-order valence-electron chi connectivity index (χ4n) is 4.13. The first-order valence-electron chi connectivity index (χ1n) is 9.23. The highest BCUT2D eigenvalue weighted by molar-refractivity contribution is 6.00. The van der Waals surface area contributed by atoms with Crippen LogP contribution in [-0.2, 0) is 6.42 Å². The number of aromatic amines is 1. The number of fused-ring (bicyclic) bond motifs is 2. The molecule has 5 nitrogen and oxygen atoms in total. The Balaban J connectivity index is 1.62. The maximum absolute atomic E-state index is 12.9. The molecule has 0 radical (unpaired) electrons. The Labute approximate surface area is 157 Å². The van der Waals surface area contributed by atoms with Gasteiger partial charge in [0.05, 0.1) is 28.0 Å². The average Bonchev–Trinajstić information content (AvgIpc) is 3.23. The van der Waals surface area contributed by atoms with E-state index in [-0.39, 0.29) is 11.7 Å². The van der Waals surface area contributed by atoms with Gasteiger partial charge < -0.3 is 4.98 Å². The number of H-pyrrole nitrogens is 1. The van der Waals surface area contributed by atoms with Crippen molar-refractivity contribution in [2.75, 3.05) is 0 Å². The quantitative estimate of drug-likeness (QED) is 0.583. The van der Waals surface area contributed by atoms with Crippen LogP contribution < -0.4 is 0 Å². The predicted octanol–water partition coefficient (Wildman–Crippen LogP) is 4.28. The van der Waals surface area contributed by atoms with Crippen molar-refractivity contribution >= 4 is 16.8 Å². The van der Waals surface area contributed by atoms with Crippen molar-refractivity contribution in [3.05, 3.63) is 76.6 Å². The molecule has 4 aromatic rings. The molecule has 134 valence electrons. The third kappa shape index (κ3) is 2.58. The molecular formula is C22H20N4O. The molecule has 0 bridgehead atoms. The number of hydrogen-bond acceptors (Lipinski definition) is 3. The van der Waals surface area contributed by atoms with Crippen LogP contribution >= 0.6 is 0 Å². The van der Waals surface area contributed by atoms with Crippen molar-refractivity contribution < 1.29 is 4.79 Å². The van der Waals surface area contributed by atoms with E-state index in [1.165, 1.54) is 11.1 Å². The van der Waals surface area contributed by atoms with E-state index in [9.17, 15) is 4.79 Å². The number of para-hydroxylation sites is 2. The van der Waals surface area contributed by atoms with E-state index in [1.807, 2.05) is 35.9 Å². The maximum Gasteiger partial charge on any atom is 0.229 e. The van der Waals surface area contributed by atoms with Gasteiger partial charge in [0.2, 0.25) is 5.95 Å². The third-order valence-corrected chi connectivity index (χ3v) is 5.40. The Morgan fingerprint density at radius 2 is 1.93 bits per heavy atom. The molecule has 0 saturated carbocycles. The summed E-state index contributed by atoms with van der Waals surface area (Å²) < 4.78 is 1.82. The van der Waals surface area contributed by atoms with Gasteiger partial charge in [-0.25, -0.2) is 9.67 Å². The van der Waals surface area contributed by atoms with Crippen molar-refractivity contribution in [2.45, 2.75) is 32.6 Å². The molecule has 0 fully saturated rings. The Hall–Kier alpha value is -3.21. The van der Waals surface area contributed by atoms with Crippen LogP contribution in [0, 0.1) is 13.8 Å². The molecule has 0 spiro atoms. The molecule has 2 aromatic carbocycles. The lowest BCUT2D eigenvalue weighted by Gasteiger charge is -2.23. The number of hydrogen-bond donors (Lipinski definition) is 1. The second kappa shape index (κ2) is 5.91. The molecule has 5 heteroatoms. The standard InChI is InChI=1S/C22H20N4O/c1-13-6-5-7-15(10-13)16-11-19-21(20(27)12-16)14(2)25-26(19)22-23-17-8-3-4-9-18(17)24-22/h3-10,16H,11-12H2,1-2H3,(H,23,24). The molecule has 1 aliphatic rings.